The van der Waals surface area contributed by atoms with Crippen molar-refractivity contribution in [3.63, 3.8) is 0 Å². The Morgan fingerprint density at radius 2 is 1.88 bits per heavy atom. The SMILES string of the molecule is CCCCn1c(C)c(C)c2c(N)nc(C)nc21. The van der Waals surface area contributed by atoms with Crippen molar-refractivity contribution in [1.29, 1.82) is 0 Å². The van der Waals surface area contributed by atoms with E-state index in [1.807, 2.05) is 6.92 Å². The Labute approximate surface area is 102 Å². The lowest BCUT2D eigenvalue weighted by Crippen LogP contribution is -2.03. The molecule has 2 heterocycles. The number of rotatable bonds is 3. The fourth-order valence-corrected chi connectivity index (χ4v) is 2.27. The van der Waals surface area contributed by atoms with Crippen LogP contribution in [0.2, 0.25) is 0 Å². The van der Waals surface area contributed by atoms with Crippen molar-refractivity contribution in [1.82, 2.24) is 14.5 Å². The third-order valence-corrected chi connectivity index (χ3v) is 3.34. The molecule has 0 fully saturated rings. The quantitative estimate of drug-likeness (QED) is 0.885. The highest BCUT2D eigenvalue weighted by atomic mass is 15.1. The van der Waals surface area contributed by atoms with Gasteiger partial charge in [-0.15, -0.1) is 0 Å². The van der Waals surface area contributed by atoms with E-state index in [0.717, 1.165) is 29.8 Å². The molecule has 0 radical (unpaired) electrons. The minimum atomic E-state index is 0.600. The molecule has 0 saturated carbocycles. The van der Waals surface area contributed by atoms with Crippen LogP contribution < -0.4 is 5.73 Å². The summed E-state index contributed by atoms with van der Waals surface area (Å²) in [5.41, 5.74) is 9.44. The number of fused-ring (bicyclic) bond motifs is 1. The van der Waals surface area contributed by atoms with Gasteiger partial charge in [-0.05, 0) is 32.8 Å². The van der Waals surface area contributed by atoms with Crippen LogP contribution in [0.5, 0.6) is 0 Å². The van der Waals surface area contributed by atoms with Gasteiger partial charge in [-0.3, -0.25) is 0 Å². The molecule has 0 saturated heterocycles. The van der Waals surface area contributed by atoms with Gasteiger partial charge in [0.2, 0.25) is 0 Å². The van der Waals surface area contributed by atoms with Gasteiger partial charge in [-0.2, -0.15) is 0 Å². The van der Waals surface area contributed by atoms with E-state index in [0.29, 0.717) is 5.82 Å². The normalized spacial score (nSPS) is 11.3. The van der Waals surface area contributed by atoms with Crippen molar-refractivity contribution in [3.05, 3.63) is 17.1 Å². The standard InChI is InChI=1S/C13H20N4/c1-5-6-7-17-9(3)8(2)11-12(14)15-10(4)16-13(11)17/h5-7H2,1-4H3,(H2,14,15,16). The molecule has 17 heavy (non-hydrogen) atoms. The maximum Gasteiger partial charge on any atom is 0.146 e. The molecule has 0 aliphatic rings. The van der Waals surface area contributed by atoms with Gasteiger partial charge in [0, 0.05) is 12.2 Å². The van der Waals surface area contributed by atoms with Crippen molar-refractivity contribution >= 4 is 16.9 Å². The number of nitrogens with zero attached hydrogens (tertiary/aromatic N) is 3. The minimum absolute atomic E-state index is 0.600. The Morgan fingerprint density at radius 1 is 1.18 bits per heavy atom. The average molecular weight is 232 g/mol. The van der Waals surface area contributed by atoms with Crippen molar-refractivity contribution in [2.45, 2.75) is 47.1 Å². The smallest absolute Gasteiger partial charge is 0.146 e. The summed E-state index contributed by atoms with van der Waals surface area (Å²) in [6.45, 7) is 9.30. The lowest BCUT2D eigenvalue weighted by Gasteiger charge is -2.07. The molecule has 92 valence electrons. The molecule has 4 heteroatoms. The van der Waals surface area contributed by atoms with Crippen LogP contribution in [0.4, 0.5) is 5.82 Å². The van der Waals surface area contributed by atoms with Gasteiger partial charge in [0.25, 0.3) is 0 Å². The van der Waals surface area contributed by atoms with Crippen LogP contribution >= 0.6 is 0 Å². The summed E-state index contributed by atoms with van der Waals surface area (Å²) in [5.74, 6) is 1.34. The zero-order chi connectivity index (χ0) is 12.6. The van der Waals surface area contributed by atoms with Crippen LogP contribution in [0, 0.1) is 20.8 Å². The Bertz CT molecular complexity index is 554. The largest absolute Gasteiger partial charge is 0.383 e. The van der Waals surface area contributed by atoms with Crippen LogP contribution in [0.15, 0.2) is 0 Å². The fraction of sp³-hybridized carbons (Fsp3) is 0.538. The summed E-state index contributed by atoms with van der Waals surface area (Å²) in [4.78, 5) is 8.79. The van der Waals surface area contributed by atoms with Gasteiger partial charge in [0.1, 0.15) is 17.3 Å². The Hall–Kier alpha value is -1.58. The summed E-state index contributed by atoms with van der Waals surface area (Å²) < 4.78 is 2.26. The first-order valence-corrected chi connectivity index (χ1v) is 6.15. The Kier molecular flexibility index (Phi) is 3.05. The number of unbranched alkanes of at least 4 members (excludes halogenated alkanes) is 1. The molecule has 4 nitrogen and oxygen atoms in total. The molecule has 2 N–H and O–H groups in total. The van der Waals surface area contributed by atoms with E-state index in [9.17, 15) is 0 Å². The van der Waals surface area contributed by atoms with E-state index >= 15 is 0 Å². The number of hydrogen-bond acceptors (Lipinski definition) is 3. The fourth-order valence-electron chi connectivity index (χ4n) is 2.27. The minimum Gasteiger partial charge on any atom is -0.383 e. The molecule has 2 rings (SSSR count). The third-order valence-electron chi connectivity index (χ3n) is 3.34. The van der Waals surface area contributed by atoms with Gasteiger partial charge < -0.3 is 10.3 Å². The summed E-state index contributed by atoms with van der Waals surface area (Å²) in [5, 5.41) is 1.02. The molecule has 0 aliphatic heterocycles. The highest BCUT2D eigenvalue weighted by Crippen LogP contribution is 2.27. The van der Waals surface area contributed by atoms with Gasteiger partial charge in [0.15, 0.2) is 0 Å². The summed E-state index contributed by atoms with van der Waals surface area (Å²) in [6, 6.07) is 0. The summed E-state index contributed by atoms with van der Waals surface area (Å²) in [6.07, 6.45) is 2.34. The predicted molar refractivity (Wildman–Crippen MR) is 71.1 cm³/mol. The first-order valence-electron chi connectivity index (χ1n) is 6.15. The zero-order valence-electron chi connectivity index (χ0n) is 11.0. The Balaban J connectivity index is 2.70. The molecule has 0 aromatic carbocycles. The van der Waals surface area contributed by atoms with Crippen molar-refractivity contribution in [2.24, 2.45) is 0 Å². The van der Waals surface area contributed by atoms with E-state index in [1.165, 1.54) is 17.7 Å². The van der Waals surface area contributed by atoms with Crippen molar-refractivity contribution in [3.8, 4) is 0 Å². The molecule has 0 amide bonds. The molecular formula is C13H20N4. The highest BCUT2D eigenvalue weighted by molar-refractivity contribution is 5.91. The van der Waals surface area contributed by atoms with Gasteiger partial charge >= 0.3 is 0 Å². The molecule has 2 aromatic rings. The zero-order valence-corrected chi connectivity index (χ0v) is 11.0. The number of nitrogens with two attached hydrogens (primary N) is 1. The predicted octanol–water partition coefficient (Wildman–Crippen LogP) is 2.74. The summed E-state index contributed by atoms with van der Waals surface area (Å²) in [7, 11) is 0. The third kappa shape index (κ3) is 1.88. The summed E-state index contributed by atoms with van der Waals surface area (Å²) >= 11 is 0. The molecule has 0 aliphatic carbocycles. The number of aryl methyl sites for hydroxylation is 3. The molecule has 0 atom stereocenters. The van der Waals surface area contributed by atoms with Gasteiger partial charge in [0.05, 0.1) is 5.39 Å². The lowest BCUT2D eigenvalue weighted by atomic mass is 10.2. The average Bonchev–Trinajstić information content (AvgIpc) is 2.49. The number of hydrogen-bond donors (Lipinski definition) is 1. The van der Waals surface area contributed by atoms with Gasteiger partial charge in [-0.1, -0.05) is 13.3 Å². The first-order chi connectivity index (χ1) is 8.06. The van der Waals surface area contributed by atoms with Crippen LogP contribution in [0.25, 0.3) is 11.0 Å². The van der Waals surface area contributed by atoms with E-state index in [2.05, 4.69) is 35.3 Å². The van der Waals surface area contributed by atoms with Crippen LogP contribution in [0.3, 0.4) is 0 Å². The Morgan fingerprint density at radius 3 is 2.53 bits per heavy atom. The number of nitrogen functional groups attached to an aromatic ring is 1. The van der Waals surface area contributed by atoms with Crippen molar-refractivity contribution in [2.75, 3.05) is 5.73 Å². The monoisotopic (exact) mass is 232 g/mol. The maximum absolute atomic E-state index is 6.00. The second-order valence-electron chi connectivity index (χ2n) is 4.57. The van der Waals surface area contributed by atoms with E-state index in [1.54, 1.807) is 0 Å². The van der Waals surface area contributed by atoms with E-state index < -0.39 is 0 Å². The van der Waals surface area contributed by atoms with Crippen LogP contribution in [-0.4, -0.2) is 14.5 Å². The second kappa shape index (κ2) is 4.35. The van der Waals surface area contributed by atoms with Crippen LogP contribution in [0.1, 0.15) is 36.8 Å². The lowest BCUT2D eigenvalue weighted by molar-refractivity contribution is 0.631. The second-order valence-corrected chi connectivity index (χ2v) is 4.57. The molecule has 0 bridgehead atoms. The molecular weight excluding hydrogens is 212 g/mol. The maximum atomic E-state index is 6.00. The van der Waals surface area contributed by atoms with E-state index in [4.69, 9.17) is 5.73 Å². The van der Waals surface area contributed by atoms with Gasteiger partial charge in [-0.25, -0.2) is 9.97 Å². The number of aromatic nitrogens is 3. The molecule has 0 spiro atoms. The molecule has 2 aromatic heterocycles. The highest BCUT2D eigenvalue weighted by Gasteiger charge is 2.15. The first kappa shape index (κ1) is 11.9. The van der Waals surface area contributed by atoms with Crippen LogP contribution in [-0.2, 0) is 6.54 Å². The molecule has 0 unspecified atom stereocenters. The van der Waals surface area contributed by atoms with E-state index in [-0.39, 0.29) is 0 Å². The number of anilines is 1. The topological polar surface area (TPSA) is 56.7 Å². The van der Waals surface area contributed by atoms with Crippen molar-refractivity contribution < 1.29 is 0 Å².